The largest absolute Gasteiger partial charge is 0.493 e. The SMILES string of the molecule is COc1cccc(CN2CCN(c3cc(C)nc(N)n3)CC2)c1OC. The summed E-state index contributed by atoms with van der Waals surface area (Å²) in [6.45, 7) is 6.48. The minimum absolute atomic E-state index is 0.332. The maximum absolute atomic E-state index is 5.77. The van der Waals surface area contributed by atoms with Crippen molar-refractivity contribution in [3.05, 3.63) is 35.5 Å². The number of nitrogens with zero attached hydrogens (tertiary/aromatic N) is 4. The third kappa shape index (κ3) is 3.93. The van der Waals surface area contributed by atoms with Crippen LogP contribution in [-0.2, 0) is 6.54 Å². The van der Waals surface area contributed by atoms with Gasteiger partial charge in [-0.05, 0) is 13.0 Å². The van der Waals surface area contributed by atoms with Crippen LogP contribution in [0, 0.1) is 6.92 Å². The van der Waals surface area contributed by atoms with Crippen molar-refractivity contribution < 1.29 is 9.47 Å². The van der Waals surface area contributed by atoms with Crippen molar-refractivity contribution in [1.82, 2.24) is 14.9 Å². The van der Waals surface area contributed by atoms with E-state index < -0.39 is 0 Å². The van der Waals surface area contributed by atoms with Crippen molar-refractivity contribution in [1.29, 1.82) is 0 Å². The highest BCUT2D eigenvalue weighted by Gasteiger charge is 2.20. The number of methoxy groups -OCH3 is 2. The average molecular weight is 343 g/mol. The Labute approximate surface area is 148 Å². The van der Waals surface area contributed by atoms with Gasteiger partial charge < -0.3 is 20.1 Å². The van der Waals surface area contributed by atoms with E-state index in [-0.39, 0.29) is 0 Å². The number of rotatable bonds is 5. The Morgan fingerprint density at radius 2 is 1.84 bits per heavy atom. The lowest BCUT2D eigenvalue weighted by molar-refractivity contribution is 0.244. The van der Waals surface area contributed by atoms with Gasteiger partial charge in [-0.3, -0.25) is 4.90 Å². The van der Waals surface area contributed by atoms with Crippen LogP contribution in [0.4, 0.5) is 11.8 Å². The van der Waals surface area contributed by atoms with E-state index in [1.54, 1.807) is 14.2 Å². The number of nitrogens with two attached hydrogens (primary N) is 1. The van der Waals surface area contributed by atoms with Crippen molar-refractivity contribution in [2.24, 2.45) is 0 Å². The third-order valence-electron chi connectivity index (χ3n) is 4.43. The number of benzene rings is 1. The molecule has 0 atom stereocenters. The second-order valence-corrected chi connectivity index (χ2v) is 6.14. The van der Waals surface area contributed by atoms with Gasteiger partial charge in [-0.15, -0.1) is 0 Å². The van der Waals surface area contributed by atoms with Gasteiger partial charge in [0.2, 0.25) is 5.95 Å². The minimum Gasteiger partial charge on any atom is -0.493 e. The molecule has 1 fully saturated rings. The maximum atomic E-state index is 5.77. The van der Waals surface area contributed by atoms with Crippen molar-refractivity contribution in [2.45, 2.75) is 13.5 Å². The molecule has 0 radical (unpaired) electrons. The lowest BCUT2D eigenvalue weighted by Gasteiger charge is -2.35. The van der Waals surface area contributed by atoms with Crippen molar-refractivity contribution >= 4 is 11.8 Å². The van der Waals surface area contributed by atoms with E-state index in [2.05, 4.69) is 25.8 Å². The number of aromatic nitrogens is 2. The number of hydrogen-bond donors (Lipinski definition) is 1. The molecule has 0 aliphatic carbocycles. The minimum atomic E-state index is 0.332. The number of hydrogen-bond acceptors (Lipinski definition) is 7. The fourth-order valence-corrected chi connectivity index (χ4v) is 3.19. The number of ether oxygens (including phenoxy) is 2. The predicted octanol–water partition coefficient (Wildman–Crippen LogP) is 1.71. The summed E-state index contributed by atoms with van der Waals surface area (Å²) in [5, 5.41) is 0. The van der Waals surface area contributed by atoms with Gasteiger partial charge in [-0.1, -0.05) is 12.1 Å². The molecule has 0 bridgehead atoms. The first-order valence-corrected chi connectivity index (χ1v) is 8.39. The molecular formula is C18H25N5O2. The second kappa shape index (κ2) is 7.57. The monoisotopic (exact) mass is 343 g/mol. The Kier molecular flexibility index (Phi) is 5.23. The lowest BCUT2D eigenvalue weighted by Crippen LogP contribution is -2.46. The van der Waals surface area contributed by atoms with Gasteiger partial charge in [0.05, 0.1) is 14.2 Å². The van der Waals surface area contributed by atoms with Crippen LogP contribution in [0.5, 0.6) is 11.5 Å². The van der Waals surface area contributed by atoms with Gasteiger partial charge in [-0.25, -0.2) is 4.98 Å². The smallest absolute Gasteiger partial charge is 0.222 e. The standard InChI is InChI=1S/C18H25N5O2/c1-13-11-16(21-18(19)20-13)23-9-7-22(8-10-23)12-14-5-4-6-15(24-2)17(14)25-3/h4-6,11H,7-10,12H2,1-3H3,(H2,19,20,21). The third-order valence-corrected chi connectivity index (χ3v) is 4.43. The lowest BCUT2D eigenvalue weighted by atomic mass is 10.1. The summed E-state index contributed by atoms with van der Waals surface area (Å²) in [5.74, 6) is 2.82. The highest BCUT2D eigenvalue weighted by Crippen LogP contribution is 2.31. The van der Waals surface area contributed by atoms with Gasteiger partial charge >= 0.3 is 0 Å². The molecule has 1 aliphatic rings. The summed E-state index contributed by atoms with van der Waals surface area (Å²) >= 11 is 0. The molecule has 0 spiro atoms. The van der Waals surface area contributed by atoms with Gasteiger partial charge in [0.15, 0.2) is 11.5 Å². The first-order chi connectivity index (χ1) is 12.1. The zero-order chi connectivity index (χ0) is 17.8. The summed E-state index contributed by atoms with van der Waals surface area (Å²) in [5.41, 5.74) is 7.80. The normalized spacial score (nSPS) is 15.2. The molecule has 7 heteroatoms. The molecular weight excluding hydrogens is 318 g/mol. The fourth-order valence-electron chi connectivity index (χ4n) is 3.19. The molecule has 1 aliphatic heterocycles. The summed E-state index contributed by atoms with van der Waals surface area (Å²) in [6.07, 6.45) is 0. The summed E-state index contributed by atoms with van der Waals surface area (Å²) in [4.78, 5) is 13.2. The predicted molar refractivity (Wildman–Crippen MR) is 98.2 cm³/mol. The Bertz CT molecular complexity index is 709. The van der Waals surface area contributed by atoms with Crippen LogP contribution >= 0.6 is 0 Å². The molecule has 0 saturated carbocycles. The van der Waals surface area contributed by atoms with Crippen LogP contribution < -0.4 is 20.1 Å². The summed E-state index contributed by atoms with van der Waals surface area (Å²) in [7, 11) is 3.34. The number of aryl methyl sites for hydroxylation is 1. The van der Waals surface area contributed by atoms with Crippen molar-refractivity contribution in [3.63, 3.8) is 0 Å². The van der Waals surface area contributed by atoms with E-state index in [1.807, 2.05) is 25.1 Å². The molecule has 7 nitrogen and oxygen atoms in total. The van der Waals surface area contributed by atoms with Gasteiger partial charge in [0, 0.05) is 50.0 Å². The molecule has 2 aromatic rings. The highest BCUT2D eigenvalue weighted by molar-refractivity contribution is 5.47. The van der Waals surface area contributed by atoms with Crippen LogP contribution in [0.3, 0.4) is 0 Å². The van der Waals surface area contributed by atoms with E-state index >= 15 is 0 Å². The quantitative estimate of drug-likeness (QED) is 0.885. The first-order valence-electron chi connectivity index (χ1n) is 8.39. The molecule has 2 heterocycles. The molecule has 0 unspecified atom stereocenters. The molecule has 25 heavy (non-hydrogen) atoms. The van der Waals surface area contributed by atoms with Crippen molar-refractivity contribution in [2.75, 3.05) is 51.0 Å². The molecule has 3 rings (SSSR count). The Morgan fingerprint density at radius 3 is 2.48 bits per heavy atom. The average Bonchev–Trinajstić information content (AvgIpc) is 2.61. The summed E-state index contributed by atoms with van der Waals surface area (Å²) in [6, 6.07) is 7.99. The Hall–Kier alpha value is -2.54. The molecule has 1 aromatic heterocycles. The van der Waals surface area contributed by atoms with E-state index in [4.69, 9.17) is 15.2 Å². The van der Waals surface area contributed by atoms with Crippen LogP contribution in [0.15, 0.2) is 24.3 Å². The van der Waals surface area contributed by atoms with Crippen LogP contribution in [0.25, 0.3) is 0 Å². The van der Waals surface area contributed by atoms with Gasteiger partial charge in [-0.2, -0.15) is 4.98 Å². The van der Waals surface area contributed by atoms with Gasteiger partial charge in [0.1, 0.15) is 5.82 Å². The molecule has 1 saturated heterocycles. The first kappa shape index (κ1) is 17.3. The van der Waals surface area contributed by atoms with Crippen LogP contribution in [-0.4, -0.2) is 55.3 Å². The Morgan fingerprint density at radius 1 is 1.08 bits per heavy atom. The zero-order valence-electron chi connectivity index (χ0n) is 15.0. The van der Waals surface area contributed by atoms with Crippen LogP contribution in [0.1, 0.15) is 11.3 Å². The molecule has 2 N–H and O–H groups in total. The molecule has 0 amide bonds. The number of nitrogen functional groups attached to an aromatic ring is 1. The maximum Gasteiger partial charge on any atom is 0.222 e. The Balaban J connectivity index is 1.65. The zero-order valence-corrected chi connectivity index (χ0v) is 15.0. The number of piperazine rings is 1. The summed E-state index contributed by atoms with van der Waals surface area (Å²) < 4.78 is 10.9. The van der Waals surface area contributed by atoms with Crippen molar-refractivity contribution in [3.8, 4) is 11.5 Å². The van der Waals surface area contributed by atoms with E-state index in [1.165, 1.54) is 0 Å². The topological polar surface area (TPSA) is 76.7 Å². The van der Waals surface area contributed by atoms with Crippen LogP contribution in [0.2, 0.25) is 0 Å². The molecule has 134 valence electrons. The fraction of sp³-hybridized carbons (Fsp3) is 0.444. The van der Waals surface area contributed by atoms with Gasteiger partial charge in [0.25, 0.3) is 0 Å². The van der Waals surface area contributed by atoms with E-state index in [9.17, 15) is 0 Å². The molecule has 1 aromatic carbocycles. The highest BCUT2D eigenvalue weighted by atomic mass is 16.5. The second-order valence-electron chi connectivity index (χ2n) is 6.14. The number of anilines is 2. The van der Waals surface area contributed by atoms with E-state index in [0.29, 0.717) is 5.95 Å². The number of para-hydroxylation sites is 1. The van der Waals surface area contributed by atoms with E-state index in [0.717, 1.165) is 61.3 Å².